The number of benzene rings is 2. The van der Waals surface area contributed by atoms with Gasteiger partial charge in [0.1, 0.15) is 5.82 Å². The summed E-state index contributed by atoms with van der Waals surface area (Å²) in [5.74, 6) is -0.281. The molecule has 6 rings (SSSR count). The average Bonchev–Trinajstić information content (AvgIpc) is 3.51. The Hall–Kier alpha value is -4.06. The van der Waals surface area contributed by atoms with Gasteiger partial charge in [-0.15, -0.1) is 0 Å². The van der Waals surface area contributed by atoms with E-state index < -0.39 is 0 Å². The maximum atomic E-state index is 15.1. The highest BCUT2D eigenvalue weighted by atomic mass is 19.1. The zero-order valence-corrected chi connectivity index (χ0v) is 27.7. The highest BCUT2D eigenvalue weighted by Gasteiger charge is 2.22. The van der Waals surface area contributed by atoms with Crippen LogP contribution in [0.5, 0.6) is 0 Å². The number of halogens is 1. The molecule has 4 heterocycles. The van der Waals surface area contributed by atoms with Gasteiger partial charge >= 0.3 is 6.03 Å². The minimum absolute atomic E-state index is 0.269. The molecule has 2 aliphatic heterocycles. The van der Waals surface area contributed by atoms with Gasteiger partial charge in [0.05, 0.1) is 17.3 Å². The van der Waals surface area contributed by atoms with E-state index in [0.29, 0.717) is 18.2 Å². The van der Waals surface area contributed by atoms with Gasteiger partial charge < -0.3 is 26.0 Å². The van der Waals surface area contributed by atoms with Crippen LogP contribution in [0.3, 0.4) is 0 Å². The molecule has 0 saturated carbocycles. The Morgan fingerprint density at radius 3 is 2.70 bits per heavy atom. The number of pyridine rings is 1. The molecular weight excluding hydrogens is 595 g/mol. The monoisotopic (exact) mass is 642 g/mol. The Labute approximate surface area is 276 Å². The van der Waals surface area contributed by atoms with Gasteiger partial charge in [0.15, 0.2) is 5.65 Å². The van der Waals surface area contributed by atoms with Crippen LogP contribution in [0.15, 0.2) is 48.7 Å². The number of urea groups is 1. The molecule has 10 nitrogen and oxygen atoms in total. The lowest BCUT2D eigenvalue weighted by atomic mass is 10.00. The Morgan fingerprint density at radius 2 is 1.91 bits per heavy atom. The van der Waals surface area contributed by atoms with Gasteiger partial charge in [-0.3, -0.25) is 4.90 Å². The molecule has 4 N–H and O–H groups in total. The highest BCUT2D eigenvalue weighted by molar-refractivity contribution is 5.92. The van der Waals surface area contributed by atoms with Crippen LogP contribution < -0.4 is 21.3 Å². The number of hydrogen-bond acceptors (Lipinski definition) is 7. The Morgan fingerprint density at radius 1 is 1.09 bits per heavy atom. The number of amides is 2. The van der Waals surface area contributed by atoms with Gasteiger partial charge in [-0.25, -0.2) is 18.9 Å². The molecule has 0 unspecified atom stereocenters. The van der Waals surface area contributed by atoms with E-state index in [1.807, 2.05) is 29.1 Å². The van der Waals surface area contributed by atoms with Crippen molar-refractivity contribution in [3.8, 4) is 11.1 Å². The predicted octanol–water partition coefficient (Wildman–Crippen LogP) is 5.20. The number of piperazine rings is 1. The van der Waals surface area contributed by atoms with Crippen molar-refractivity contribution in [2.45, 2.75) is 78.3 Å². The summed E-state index contributed by atoms with van der Waals surface area (Å²) >= 11 is 0. The molecular formula is C36H47FN8O2. The average molecular weight is 643 g/mol. The molecule has 250 valence electrons. The molecule has 0 bridgehead atoms. The lowest BCUT2D eigenvalue weighted by molar-refractivity contribution is 0.0904. The van der Waals surface area contributed by atoms with Gasteiger partial charge in [-0.05, 0) is 68.0 Å². The predicted molar refractivity (Wildman–Crippen MR) is 184 cm³/mol. The summed E-state index contributed by atoms with van der Waals surface area (Å²) < 4.78 is 22.6. The lowest BCUT2D eigenvalue weighted by Crippen LogP contribution is -2.49. The van der Waals surface area contributed by atoms with Gasteiger partial charge in [-0.2, -0.15) is 5.10 Å². The number of nitrogens with one attached hydrogen (secondary N) is 4. The van der Waals surface area contributed by atoms with Crippen LogP contribution in [-0.4, -0.2) is 70.6 Å². The third-order valence-corrected chi connectivity index (χ3v) is 9.35. The number of ether oxygens (including phenoxy) is 1. The molecule has 0 aliphatic carbocycles. The third-order valence-electron chi connectivity index (χ3n) is 9.35. The number of aromatic nitrogens is 3. The van der Waals surface area contributed by atoms with Crippen molar-refractivity contribution in [3.63, 3.8) is 0 Å². The summed E-state index contributed by atoms with van der Waals surface area (Å²) in [7, 11) is 0. The van der Waals surface area contributed by atoms with Gasteiger partial charge in [0.25, 0.3) is 0 Å². The summed E-state index contributed by atoms with van der Waals surface area (Å²) in [6.07, 6.45) is 4.42. The van der Waals surface area contributed by atoms with Crippen LogP contribution in [0.25, 0.3) is 22.2 Å². The number of fused-ring (bicyclic) bond motifs is 1. The van der Waals surface area contributed by atoms with Gasteiger partial charge in [-0.1, -0.05) is 31.2 Å². The first-order valence-electron chi connectivity index (χ1n) is 17.0. The zero-order chi connectivity index (χ0) is 32.8. The number of rotatable bonds is 11. The van der Waals surface area contributed by atoms with E-state index in [9.17, 15) is 4.79 Å². The standard InChI is InChI=1S/C36H47FN8O2/c1-4-33-30(34(42-28-11-15-47-16-12-28)31-22-41-45(5-2)35(31)43-33)21-40-36(46)39-20-25-9-10-32(37)29(18-25)27-8-6-7-26(17-27)23-44-14-13-38-19-24(44)3/h6-10,17-18,22,24,28,38H,4-5,11-16,19-21,23H2,1-3H3,(H,42,43)(H2,39,40,46)/t24-/m0/s1. The molecule has 4 aromatic rings. The summed E-state index contributed by atoms with van der Waals surface area (Å²) in [5, 5.41) is 18.7. The second-order valence-corrected chi connectivity index (χ2v) is 12.6. The van der Waals surface area contributed by atoms with Crippen LogP contribution >= 0.6 is 0 Å². The number of aryl methyl sites for hydroxylation is 2. The molecule has 2 aliphatic rings. The van der Waals surface area contributed by atoms with E-state index in [2.05, 4.69) is 64.2 Å². The van der Waals surface area contributed by atoms with Gasteiger partial charge in [0, 0.05) is 87.9 Å². The molecule has 2 aromatic carbocycles. The summed E-state index contributed by atoms with van der Waals surface area (Å²) in [4.78, 5) is 20.5. The van der Waals surface area contributed by atoms with E-state index in [1.54, 1.807) is 6.07 Å². The smallest absolute Gasteiger partial charge is 0.315 e. The normalized spacial score (nSPS) is 17.6. The minimum Gasteiger partial charge on any atom is -0.381 e. The van der Waals surface area contributed by atoms with E-state index in [1.165, 1.54) is 6.07 Å². The van der Waals surface area contributed by atoms with E-state index in [4.69, 9.17) is 9.72 Å². The fourth-order valence-corrected chi connectivity index (χ4v) is 6.61. The zero-order valence-electron chi connectivity index (χ0n) is 27.7. The number of carbonyl (C=O) groups excluding carboxylic acids is 1. The summed E-state index contributed by atoms with van der Waals surface area (Å²) in [5.41, 5.74) is 7.08. The quantitative estimate of drug-likeness (QED) is 0.178. The largest absolute Gasteiger partial charge is 0.381 e. The van der Waals surface area contributed by atoms with Crippen LogP contribution in [0, 0.1) is 5.82 Å². The second-order valence-electron chi connectivity index (χ2n) is 12.6. The number of carbonyl (C=O) groups is 1. The van der Waals surface area contributed by atoms with Crippen molar-refractivity contribution in [1.29, 1.82) is 0 Å². The van der Waals surface area contributed by atoms with E-state index in [-0.39, 0.29) is 24.4 Å². The molecule has 2 amide bonds. The molecule has 47 heavy (non-hydrogen) atoms. The fraction of sp³-hybridized carbons (Fsp3) is 0.472. The fourth-order valence-electron chi connectivity index (χ4n) is 6.61. The minimum atomic E-state index is -0.300. The van der Waals surface area contributed by atoms with Crippen molar-refractivity contribution in [2.24, 2.45) is 0 Å². The Kier molecular flexibility index (Phi) is 10.6. The Bertz CT molecular complexity index is 1690. The maximum Gasteiger partial charge on any atom is 0.315 e. The number of anilines is 1. The number of nitrogens with zero attached hydrogens (tertiary/aromatic N) is 4. The Balaban J connectivity index is 1.14. The first-order chi connectivity index (χ1) is 22.9. The van der Waals surface area contributed by atoms with Crippen molar-refractivity contribution in [2.75, 3.05) is 38.2 Å². The lowest BCUT2D eigenvalue weighted by Gasteiger charge is -2.34. The highest BCUT2D eigenvalue weighted by Crippen LogP contribution is 2.31. The maximum absolute atomic E-state index is 15.1. The summed E-state index contributed by atoms with van der Waals surface area (Å²) in [6.45, 7) is 12.9. The first-order valence-corrected chi connectivity index (χ1v) is 17.0. The topological polar surface area (TPSA) is 108 Å². The van der Waals surface area contributed by atoms with Crippen LogP contribution in [-0.2, 0) is 37.3 Å². The van der Waals surface area contributed by atoms with Crippen molar-refractivity contribution in [1.82, 2.24) is 35.6 Å². The molecule has 11 heteroatoms. The molecule has 2 fully saturated rings. The van der Waals surface area contributed by atoms with Crippen LogP contribution in [0.4, 0.5) is 14.9 Å². The van der Waals surface area contributed by atoms with Crippen molar-refractivity contribution >= 4 is 22.8 Å². The van der Waals surface area contributed by atoms with Crippen LogP contribution in [0.2, 0.25) is 0 Å². The van der Waals surface area contributed by atoms with Gasteiger partial charge in [0.2, 0.25) is 0 Å². The van der Waals surface area contributed by atoms with Crippen molar-refractivity contribution < 1.29 is 13.9 Å². The SMILES string of the molecule is CCc1nc2c(cnn2CC)c(NC2CCOCC2)c1CNC(=O)NCc1ccc(F)c(-c2cccc(CN3CCNC[C@@H]3C)c2)c1. The molecule has 0 radical (unpaired) electrons. The second kappa shape index (κ2) is 15.2. The molecule has 0 spiro atoms. The van der Waals surface area contributed by atoms with E-state index in [0.717, 1.165) is 110 Å². The summed E-state index contributed by atoms with van der Waals surface area (Å²) in [6, 6.07) is 13.6. The van der Waals surface area contributed by atoms with Crippen molar-refractivity contribution in [3.05, 3.63) is 76.9 Å². The first kappa shape index (κ1) is 32.9. The van der Waals surface area contributed by atoms with Crippen LogP contribution in [0.1, 0.15) is 56.0 Å². The molecule has 2 aromatic heterocycles. The number of hydrogen-bond donors (Lipinski definition) is 4. The third kappa shape index (κ3) is 7.75. The van der Waals surface area contributed by atoms with E-state index >= 15 is 4.39 Å². The molecule has 1 atom stereocenters. The molecule has 2 saturated heterocycles.